The number of thiocarbonyl (C=S) groups is 1. The highest BCUT2D eigenvalue weighted by molar-refractivity contribution is 7.80. The van der Waals surface area contributed by atoms with E-state index in [0.29, 0.717) is 6.42 Å². The molecule has 0 aliphatic carbocycles. The summed E-state index contributed by atoms with van der Waals surface area (Å²) < 4.78 is 0. The smallest absolute Gasteiger partial charge is 0.242 e. The number of carbonyl (C=O) groups is 2. The van der Waals surface area contributed by atoms with Crippen LogP contribution in [0.3, 0.4) is 0 Å². The second kappa shape index (κ2) is 7.51. The first-order valence-corrected chi connectivity index (χ1v) is 8.80. The number of amides is 2. The largest absolute Gasteiger partial charge is 0.303 e. The molecule has 0 saturated carbocycles. The third-order valence-electron chi connectivity index (χ3n) is 5.10. The van der Waals surface area contributed by atoms with E-state index in [4.69, 9.17) is 12.2 Å². The van der Waals surface area contributed by atoms with Crippen molar-refractivity contribution in [3.8, 4) is 0 Å². The van der Waals surface area contributed by atoms with Crippen molar-refractivity contribution < 1.29 is 9.59 Å². The van der Waals surface area contributed by atoms with Crippen molar-refractivity contribution in [1.82, 2.24) is 15.5 Å². The van der Waals surface area contributed by atoms with Crippen LogP contribution in [0, 0.1) is 11.3 Å². The van der Waals surface area contributed by atoms with E-state index in [2.05, 4.69) is 22.5 Å². The average molecular weight is 325 g/mol. The lowest BCUT2D eigenvalue weighted by atomic mass is 9.69. The lowest BCUT2D eigenvalue weighted by molar-refractivity contribution is -0.148. The van der Waals surface area contributed by atoms with Gasteiger partial charge in [0.2, 0.25) is 11.8 Å². The first kappa shape index (κ1) is 17.3. The average Bonchev–Trinajstić information content (AvgIpc) is 2.48. The molecule has 0 bridgehead atoms. The van der Waals surface area contributed by atoms with Crippen LogP contribution in [0.2, 0.25) is 0 Å². The zero-order valence-electron chi connectivity index (χ0n) is 13.6. The maximum Gasteiger partial charge on any atom is 0.242 e. The van der Waals surface area contributed by atoms with Gasteiger partial charge in [0.05, 0.1) is 0 Å². The van der Waals surface area contributed by atoms with Crippen LogP contribution < -0.4 is 10.6 Å². The number of hydrogen-bond acceptors (Lipinski definition) is 4. The minimum absolute atomic E-state index is 0.00499. The normalized spacial score (nSPS) is 23.8. The van der Waals surface area contributed by atoms with Gasteiger partial charge in [-0.05, 0) is 63.5 Å². The van der Waals surface area contributed by atoms with Crippen molar-refractivity contribution in [3.63, 3.8) is 0 Å². The molecule has 1 atom stereocenters. The molecule has 22 heavy (non-hydrogen) atoms. The standard InChI is InChI=1S/C16H27N3O2S/c1-3-7-12(2)16(8-11-19-9-5-4-6-10-19)13(20)17-15(22)18-14(16)21/h12H,3-11H2,1-2H3,(H2,17,18,20,21,22). The summed E-state index contributed by atoms with van der Waals surface area (Å²) in [7, 11) is 0. The molecule has 2 rings (SSSR count). The van der Waals surface area contributed by atoms with Gasteiger partial charge >= 0.3 is 0 Å². The number of nitrogens with zero attached hydrogens (tertiary/aromatic N) is 1. The monoisotopic (exact) mass is 325 g/mol. The van der Waals surface area contributed by atoms with E-state index in [1.165, 1.54) is 19.3 Å². The highest BCUT2D eigenvalue weighted by Gasteiger charge is 2.52. The summed E-state index contributed by atoms with van der Waals surface area (Å²) >= 11 is 4.95. The van der Waals surface area contributed by atoms with E-state index in [1.54, 1.807) is 0 Å². The van der Waals surface area contributed by atoms with Gasteiger partial charge in [-0.1, -0.05) is 26.7 Å². The Hall–Kier alpha value is -1.01. The SMILES string of the molecule is CCCC(C)C1(CCN2CCCCC2)C(=O)NC(=S)NC1=O. The van der Waals surface area contributed by atoms with Crippen molar-refractivity contribution in [2.45, 2.75) is 52.4 Å². The lowest BCUT2D eigenvalue weighted by Gasteiger charge is -2.41. The Morgan fingerprint density at radius 1 is 1.18 bits per heavy atom. The Bertz CT molecular complexity index is 427. The maximum absolute atomic E-state index is 12.6. The fourth-order valence-corrected chi connectivity index (χ4v) is 3.87. The minimum atomic E-state index is -0.990. The van der Waals surface area contributed by atoms with Gasteiger partial charge in [0.15, 0.2) is 5.11 Å². The summed E-state index contributed by atoms with van der Waals surface area (Å²) in [5.41, 5.74) is -0.990. The van der Waals surface area contributed by atoms with Crippen molar-refractivity contribution in [2.24, 2.45) is 11.3 Å². The van der Waals surface area contributed by atoms with Crippen LogP contribution in [0.5, 0.6) is 0 Å². The van der Waals surface area contributed by atoms with Crippen LogP contribution in [-0.4, -0.2) is 41.5 Å². The molecule has 2 saturated heterocycles. The first-order valence-electron chi connectivity index (χ1n) is 8.40. The zero-order chi connectivity index (χ0) is 16.2. The Morgan fingerprint density at radius 3 is 2.32 bits per heavy atom. The summed E-state index contributed by atoms with van der Waals surface area (Å²) in [4.78, 5) is 27.7. The van der Waals surface area contributed by atoms with Crippen molar-refractivity contribution in [2.75, 3.05) is 19.6 Å². The van der Waals surface area contributed by atoms with Crippen LogP contribution in [0.25, 0.3) is 0 Å². The van der Waals surface area contributed by atoms with Gasteiger partial charge in [0, 0.05) is 0 Å². The van der Waals surface area contributed by atoms with Gasteiger partial charge in [-0.3, -0.25) is 9.59 Å². The fourth-order valence-electron chi connectivity index (χ4n) is 3.68. The molecule has 2 aliphatic heterocycles. The maximum atomic E-state index is 12.6. The molecule has 5 nitrogen and oxygen atoms in total. The number of piperidine rings is 1. The molecule has 2 N–H and O–H groups in total. The van der Waals surface area contributed by atoms with E-state index < -0.39 is 5.41 Å². The lowest BCUT2D eigenvalue weighted by Crippen LogP contribution is -2.65. The number of nitrogens with one attached hydrogen (secondary N) is 2. The third kappa shape index (κ3) is 3.49. The quantitative estimate of drug-likeness (QED) is 0.578. The van der Waals surface area contributed by atoms with E-state index in [0.717, 1.165) is 32.5 Å². The Labute approximate surface area is 138 Å². The highest BCUT2D eigenvalue weighted by atomic mass is 32.1. The van der Waals surface area contributed by atoms with Crippen LogP contribution in [-0.2, 0) is 9.59 Å². The molecule has 6 heteroatoms. The third-order valence-corrected chi connectivity index (χ3v) is 5.30. The van der Waals surface area contributed by atoms with Gasteiger partial charge in [-0.2, -0.15) is 0 Å². The predicted octanol–water partition coefficient (Wildman–Crippen LogP) is 1.82. The van der Waals surface area contributed by atoms with Crippen LogP contribution >= 0.6 is 12.2 Å². The molecule has 2 aliphatic rings. The summed E-state index contributed by atoms with van der Waals surface area (Å²) in [6, 6.07) is 0. The first-order chi connectivity index (χ1) is 10.5. The molecule has 2 heterocycles. The Balaban J connectivity index is 2.15. The van der Waals surface area contributed by atoms with Gasteiger partial charge in [0.25, 0.3) is 0 Å². The van der Waals surface area contributed by atoms with Crippen molar-refractivity contribution >= 4 is 29.1 Å². The number of hydrogen-bond donors (Lipinski definition) is 2. The molecule has 0 aromatic heterocycles. The van der Waals surface area contributed by atoms with Crippen LogP contribution in [0.1, 0.15) is 52.4 Å². The molecule has 1 unspecified atom stereocenters. The number of carbonyl (C=O) groups excluding carboxylic acids is 2. The Morgan fingerprint density at radius 2 is 1.77 bits per heavy atom. The van der Waals surface area contributed by atoms with Crippen LogP contribution in [0.4, 0.5) is 0 Å². The van der Waals surface area contributed by atoms with Crippen LogP contribution in [0.15, 0.2) is 0 Å². The molecular formula is C16H27N3O2S. The molecule has 0 aromatic rings. The molecular weight excluding hydrogens is 298 g/mol. The van der Waals surface area contributed by atoms with Crippen molar-refractivity contribution in [3.05, 3.63) is 0 Å². The minimum Gasteiger partial charge on any atom is -0.303 e. The topological polar surface area (TPSA) is 61.4 Å². The summed E-state index contributed by atoms with van der Waals surface area (Å²) in [6.45, 7) is 7.02. The zero-order valence-corrected chi connectivity index (χ0v) is 14.4. The summed E-state index contributed by atoms with van der Waals surface area (Å²) in [5.74, 6) is -0.441. The highest BCUT2D eigenvalue weighted by Crippen LogP contribution is 2.37. The van der Waals surface area contributed by atoms with E-state index in [1.807, 2.05) is 6.92 Å². The predicted molar refractivity (Wildman–Crippen MR) is 90.3 cm³/mol. The van der Waals surface area contributed by atoms with Gasteiger partial charge < -0.3 is 15.5 Å². The van der Waals surface area contributed by atoms with Gasteiger partial charge in [0.1, 0.15) is 5.41 Å². The second-order valence-electron chi connectivity index (χ2n) is 6.55. The van der Waals surface area contributed by atoms with E-state index in [-0.39, 0.29) is 22.8 Å². The molecule has 0 radical (unpaired) electrons. The number of rotatable bonds is 6. The Kier molecular flexibility index (Phi) is 5.92. The van der Waals surface area contributed by atoms with Crippen molar-refractivity contribution in [1.29, 1.82) is 0 Å². The molecule has 0 spiro atoms. The molecule has 124 valence electrons. The van der Waals surface area contributed by atoms with E-state index in [9.17, 15) is 9.59 Å². The summed E-state index contributed by atoms with van der Waals surface area (Å²) in [5, 5.41) is 5.47. The van der Waals surface area contributed by atoms with E-state index >= 15 is 0 Å². The van der Waals surface area contributed by atoms with Gasteiger partial charge in [-0.15, -0.1) is 0 Å². The second-order valence-corrected chi connectivity index (χ2v) is 6.96. The molecule has 2 fully saturated rings. The van der Waals surface area contributed by atoms with Gasteiger partial charge in [-0.25, -0.2) is 0 Å². The molecule has 2 amide bonds. The molecule has 0 aromatic carbocycles. The summed E-state index contributed by atoms with van der Waals surface area (Å²) in [6.07, 6.45) is 6.07. The number of likely N-dealkylation sites (tertiary alicyclic amines) is 1. The fraction of sp³-hybridized carbons (Fsp3) is 0.812.